The van der Waals surface area contributed by atoms with Gasteiger partial charge in [-0.25, -0.2) is 0 Å². The number of nitrogens with two attached hydrogens (primary N) is 1. The van der Waals surface area contributed by atoms with Crippen molar-refractivity contribution >= 4 is 27.3 Å². The molecule has 2 aromatic rings. The number of halogens is 1. The normalized spacial score (nSPS) is 10.5. The maximum Gasteiger partial charge on any atom is 0.143 e. The third-order valence-electron chi connectivity index (χ3n) is 2.28. The molecule has 0 atom stereocenters. The quantitative estimate of drug-likeness (QED) is 0.923. The van der Waals surface area contributed by atoms with E-state index in [0.29, 0.717) is 13.2 Å². The zero-order valence-corrected chi connectivity index (χ0v) is 11.6. The molecule has 0 bridgehead atoms. The van der Waals surface area contributed by atoms with Crippen molar-refractivity contribution in [3.05, 3.63) is 44.8 Å². The van der Waals surface area contributed by atoms with Gasteiger partial charge in [0, 0.05) is 28.5 Å². The zero-order valence-electron chi connectivity index (χ0n) is 9.23. The molecule has 0 amide bonds. The second-order valence-electron chi connectivity index (χ2n) is 3.48. The predicted octanol–water partition coefficient (Wildman–Crippen LogP) is 2.99. The molecule has 0 spiro atoms. The Kier molecular flexibility index (Phi) is 4.53. The van der Waals surface area contributed by atoms with Gasteiger partial charge in [-0.15, -0.1) is 11.3 Å². The van der Waals surface area contributed by atoms with Crippen molar-refractivity contribution in [3.8, 4) is 5.75 Å². The molecule has 90 valence electrons. The van der Waals surface area contributed by atoms with Crippen molar-refractivity contribution < 1.29 is 4.74 Å². The van der Waals surface area contributed by atoms with Crippen LogP contribution in [0, 0.1) is 0 Å². The Bertz CT molecular complexity index is 473. The van der Waals surface area contributed by atoms with Crippen LogP contribution in [0.2, 0.25) is 0 Å². The Labute approximate surface area is 113 Å². The highest BCUT2D eigenvalue weighted by Gasteiger charge is 2.05. The summed E-state index contributed by atoms with van der Waals surface area (Å²) in [4.78, 5) is 5.54. The summed E-state index contributed by atoms with van der Waals surface area (Å²) in [5, 5.41) is 2.07. The maximum absolute atomic E-state index is 5.72. The smallest absolute Gasteiger partial charge is 0.143 e. The molecule has 2 rings (SSSR count). The Morgan fingerprint density at radius 1 is 1.47 bits per heavy atom. The average Bonchev–Trinajstić information content (AvgIpc) is 2.82. The van der Waals surface area contributed by atoms with Crippen LogP contribution in [-0.2, 0) is 13.0 Å². The van der Waals surface area contributed by atoms with E-state index in [9.17, 15) is 0 Å². The van der Waals surface area contributed by atoms with Gasteiger partial charge in [-0.3, -0.25) is 4.98 Å². The van der Waals surface area contributed by atoms with Gasteiger partial charge < -0.3 is 10.5 Å². The predicted molar refractivity (Wildman–Crippen MR) is 73.3 cm³/mol. The van der Waals surface area contributed by atoms with E-state index in [1.54, 1.807) is 17.5 Å². The maximum atomic E-state index is 5.72. The van der Waals surface area contributed by atoms with Crippen LogP contribution < -0.4 is 10.5 Å². The van der Waals surface area contributed by atoms with Gasteiger partial charge in [0.25, 0.3) is 0 Å². The molecule has 0 fully saturated rings. The molecule has 0 aliphatic carbocycles. The molecule has 0 aromatic carbocycles. The Hall–Kier alpha value is -0.910. The first-order valence-electron chi connectivity index (χ1n) is 5.29. The van der Waals surface area contributed by atoms with Crippen LogP contribution in [0.5, 0.6) is 5.75 Å². The van der Waals surface area contributed by atoms with E-state index in [1.165, 1.54) is 4.88 Å². The SMILES string of the molecule is NCc1ncc(Br)cc1OCCc1cccs1. The van der Waals surface area contributed by atoms with Gasteiger partial charge in [-0.2, -0.15) is 0 Å². The fourth-order valence-electron chi connectivity index (χ4n) is 1.44. The first-order valence-corrected chi connectivity index (χ1v) is 6.96. The summed E-state index contributed by atoms with van der Waals surface area (Å²) in [5.41, 5.74) is 6.40. The van der Waals surface area contributed by atoms with Crippen molar-refractivity contribution in [1.29, 1.82) is 0 Å². The number of ether oxygens (including phenoxy) is 1. The molecule has 0 saturated carbocycles. The molecule has 0 aliphatic heterocycles. The summed E-state index contributed by atoms with van der Waals surface area (Å²) in [7, 11) is 0. The fraction of sp³-hybridized carbons (Fsp3) is 0.250. The molecule has 17 heavy (non-hydrogen) atoms. The van der Waals surface area contributed by atoms with Crippen molar-refractivity contribution in [3.63, 3.8) is 0 Å². The molecule has 2 N–H and O–H groups in total. The third kappa shape index (κ3) is 3.52. The van der Waals surface area contributed by atoms with Crippen LogP contribution in [-0.4, -0.2) is 11.6 Å². The lowest BCUT2D eigenvalue weighted by Crippen LogP contribution is -2.07. The lowest BCUT2D eigenvalue weighted by Gasteiger charge is -2.09. The van der Waals surface area contributed by atoms with Crippen LogP contribution in [0.15, 0.2) is 34.2 Å². The topological polar surface area (TPSA) is 48.1 Å². The van der Waals surface area contributed by atoms with Gasteiger partial charge in [0.15, 0.2) is 0 Å². The van der Waals surface area contributed by atoms with Gasteiger partial charge in [-0.1, -0.05) is 6.07 Å². The summed E-state index contributed by atoms with van der Waals surface area (Å²) in [5.74, 6) is 0.762. The van der Waals surface area contributed by atoms with E-state index in [4.69, 9.17) is 10.5 Å². The van der Waals surface area contributed by atoms with E-state index in [2.05, 4.69) is 32.4 Å². The van der Waals surface area contributed by atoms with Gasteiger partial charge in [0.05, 0.1) is 12.3 Å². The average molecular weight is 313 g/mol. The fourth-order valence-corrected chi connectivity index (χ4v) is 2.44. The Morgan fingerprint density at radius 2 is 2.35 bits per heavy atom. The molecule has 3 nitrogen and oxygen atoms in total. The van der Waals surface area contributed by atoms with Crippen molar-refractivity contribution in [2.24, 2.45) is 5.73 Å². The summed E-state index contributed by atoms with van der Waals surface area (Å²) in [6, 6.07) is 6.06. The van der Waals surface area contributed by atoms with Gasteiger partial charge in [-0.05, 0) is 33.4 Å². The first kappa shape index (κ1) is 12.5. The van der Waals surface area contributed by atoms with E-state index in [-0.39, 0.29) is 0 Å². The summed E-state index contributed by atoms with van der Waals surface area (Å²) in [6.45, 7) is 1.03. The van der Waals surface area contributed by atoms with E-state index < -0.39 is 0 Å². The molecule has 0 aliphatic rings. The van der Waals surface area contributed by atoms with E-state index in [1.807, 2.05) is 12.1 Å². The minimum absolute atomic E-state index is 0.390. The summed E-state index contributed by atoms with van der Waals surface area (Å²) in [6.07, 6.45) is 2.64. The minimum atomic E-state index is 0.390. The second-order valence-corrected chi connectivity index (χ2v) is 5.43. The monoisotopic (exact) mass is 312 g/mol. The van der Waals surface area contributed by atoms with Crippen molar-refractivity contribution in [1.82, 2.24) is 4.98 Å². The third-order valence-corrected chi connectivity index (χ3v) is 3.65. The Balaban J connectivity index is 1.96. The van der Waals surface area contributed by atoms with Crippen LogP contribution in [0.1, 0.15) is 10.6 Å². The standard InChI is InChI=1S/C12H13BrN2OS/c13-9-6-12(11(7-14)15-8-9)16-4-3-10-2-1-5-17-10/h1-2,5-6,8H,3-4,7,14H2. The lowest BCUT2D eigenvalue weighted by molar-refractivity contribution is 0.317. The molecular weight excluding hydrogens is 300 g/mol. The molecule has 0 saturated heterocycles. The molecule has 2 heterocycles. The molecular formula is C12H13BrN2OS. The van der Waals surface area contributed by atoms with Gasteiger partial charge in [0.1, 0.15) is 5.75 Å². The number of rotatable bonds is 5. The van der Waals surface area contributed by atoms with Gasteiger partial charge in [0.2, 0.25) is 0 Å². The molecule has 5 heteroatoms. The number of nitrogens with zero attached hydrogens (tertiary/aromatic N) is 1. The van der Waals surface area contributed by atoms with Crippen molar-refractivity contribution in [2.45, 2.75) is 13.0 Å². The number of hydrogen-bond donors (Lipinski definition) is 1. The van der Waals surface area contributed by atoms with E-state index >= 15 is 0 Å². The zero-order chi connectivity index (χ0) is 12.1. The van der Waals surface area contributed by atoms with Gasteiger partial charge >= 0.3 is 0 Å². The molecule has 2 aromatic heterocycles. The number of aromatic nitrogens is 1. The van der Waals surface area contributed by atoms with Crippen LogP contribution in [0.25, 0.3) is 0 Å². The van der Waals surface area contributed by atoms with E-state index in [0.717, 1.165) is 22.3 Å². The Morgan fingerprint density at radius 3 is 3.06 bits per heavy atom. The summed E-state index contributed by atoms with van der Waals surface area (Å²) >= 11 is 5.12. The second kappa shape index (κ2) is 6.14. The van der Waals surface area contributed by atoms with Crippen molar-refractivity contribution in [2.75, 3.05) is 6.61 Å². The highest BCUT2D eigenvalue weighted by Crippen LogP contribution is 2.21. The molecule has 0 unspecified atom stereocenters. The number of pyridine rings is 1. The highest BCUT2D eigenvalue weighted by atomic mass is 79.9. The lowest BCUT2D eigenvalue weighted by atomic mass is 10.3. The first-order chi connectivity index (χ1) is 8.29. The molecule has 0 radical (unpaired) electrons. The summed E-state index contributed by atoms with van der Waals surface area (Å²) < 4.78 is 6.62. The van der Waals surface area contributed by atoms with Crippen LogP contribution in [0.3, 0.4) is 0 Å². The van der Waals surface area contributed by atoms with Crippen LogP contribution >= 0.6 is 27.3 Å². The minimum Gasteiger partial charge on any atom is -0.491 e. The largest absolute Gasteiger partial charge is 0.491 e. The highest BCUT2D eigenvalue weighted by molar-refractivity contribution is 9.10. The number of hydrogen-bond acceptors (Lipinski definition) is 4. The van der Waals surface area contributed by atoms with Crippen LogP contribution in [0.4, 0.5) is 0 Å². The number of thiophene rings is 1.